The highest BCUT2D eigenvalue weighted by Crippen LogP contribution is 2.32. The molecule has 0 bridgehead atoms. The van der Waals surface area contributed by atoms with Gasteiger partial charge in [-0.15, -0.1) is 0 Å². The van der Waals surface area contributed by atoms with Gasteiger partial charge in [0.1, 0.15) is 34.4 Å². The number of amides is 8. The number of ether oxygens (including phenoxy) is 1. The van der Waals surface area contributed by atoms with Crippen molar-refractivity contribution in [2.24, 2.45) is 0 Å². The highest BCUT2D eigenvalue weighted by molar-refractivity contribution is 6.31. The van der Waals surface area contributed by atoms with Gasteiger partial charge in [-0.3, -0.25) is 64.2 Å². The number of aryl methyl sites for hydroxylation is 4. The first kappa shape index (κ1) is 75.3. The lowest BCUT2D eigenvalue weighted by Crippen LogP contribution is -2.32. The third-order valence-electron chi connectivity index (χ3n) is 19.0. The Labute approximate surface area is 619 Å². The Bertz CT molecular complexity index is 5300. The van der Waals surface area contributed by atoms with Gasteiger partial charge in [-0.1, -0.05) is 60.1 Å². The van der Waals surface area contributed by atoms with Crippen molar-refractivity contribution < 1.29 is 81.5 Å². The molecule has 29 heteroatoms. The Balaban J connectivity index is 0.000000135. The molecule has 8 amide bonds. The van der Waals surface area contributed by atoms with Gasteiger partial charge >= 0.3 is 0 Å². The first-order valence-electron chi connectivity index (χ1n) is 34.3. The number of para-hydroxylation sites is 3. The minimum atomic E-state index is -1.24. The van der Waals surface area contributed by atoms with Crippen molar-refractivity contribution in [1.29, 1.82) is 0 Å². The Morgan fingerprint density at radius 2 is 0.917 bits per heavy atom. The van der Waals surface area contributed by atoms with Crippen LogP contribution in [0.3, 0.4) is 0 Å². The van der Waals surface area contributed by atoms with Crippen LogP contribution in [0.4, 0.5) is 13.2 Å². The van der Waals surface area contributed by atoms with E-state index < -0.39 is 52.6 Å². The van der Waals surface area contributed by atoms with E-state index in [1.54, 1.807) is 106 Å². The number of hydroxylamine groups is 4. The summed E-state index contributed by atoms with van der Waals surface area (Å²) in [6, 6.07) is 43.4. The Morgan fingerprint density at radius 3 is 1.38 bits per heavy atom. The van der Waals surface area contributed by atoms with Gasteiger partial charge in [-0.25, -0.2) is 40.1 Å². The molecule has 3 aromatic heterocycles. The van der Waals surface area contributed by atoms with Crippen molar-refractivity contribution in [1.82, 2.24) is 56.5 Å². The van der Waals surface area contributed by atoms with E-state index in [0.29, 0.717) is 114 Å². The lowest BCUT2D eigenvalue weighted by atomic mass is 10.0. The van der Waals surface area contributed by atoms with E-state index >= 15 is 0 Å². The van der Waals surface area contributed by atoms with E-state index in [9.17, 15) is 51.5 Å². The van der Waals surface area contributed by atoms with E-state index in [1.807, 2.05) is 77.7 Å². The summed E-state index contributed by atoms with van der Waals surface area (Å²) in [6.45, 7) is 3.53. The van der Waals surface area contributed by atoms with Crippen molar-refractivity contribution in [3.63, 3.8) is 0 Å². The van der Waals surface area contributed by atoms with Gasteiger partial charge < -0.3 is 33.7 Å². The number of halogens is 4. The van der Waals surface area contributed by atoms with Crippen LogP contribution in [0.2, 0.25) is 5.02 Å². The van der Waals surface area contributed by atoms with Crippen molar-refractivity contribution in [3.8, 4) is 5.75 Å². The number of furan rings is 1. The zero-order valence-electron chi connectivity index (χ0n) is 58.0. The lowest BCUT2D eigenvalue weighted by Gasteiger charge is -2.21. The predicted molar refractivity (Wildman–Crippen MR) is 387 cm³/mol. The minimum absolute atomic E-state index is 0.0626. The van der Waals surface area contributed by atoms with Crippen LogP contribution in [0.25, 0.3) is 32.9 Å². The second kappa shape index (κ2) is 33.8. The molecule has 0 spiro atoms. The summed E-state index contributed by atoms with van der Waals surface area (Å²) in [5.41, 5.74) is 18.5. The SMILES string of the molecule is COc1cccc2cc(C(=O)N3CCCc4cc(C(=O)NO)ccc4C3)oc12.O=C(NO)c1ccc2c(c1)CCCN(C(=O)c1c(F)cc(F)cc1F)C2.O=C(NO)c1ccc2c(c1)CCCN(C(=O)c1cc3cc(Cl)ccc3[nH]1)C2.O=C(NO)c1ccc2c(c1)CCCN(C(=O)c1cnc3ccccc3n1)C2. The van der Waals surface area contributed by atoms with Crippen LogP contribution in [0, 0.1) is 17.5 Å². The number of benzene rings is 8. The Kier molecular flexibility index (Phi) is 23.6. The number of aromatic amines is 1. The predicted octanol–water partition coefficient (Wildman–Crippen LogP) is 11.8. The van der Waals surface area contributed by atoms with E-state index in [2.05, 4.69) is 15.0 Å². The third-order valence-corrected chi connectivity index (χ3v) is 19.2. The fourth-order valence-corrected chi connectivity index (χ4v) is 13.7. The normalized spacial score (nSPS) is 13.8. The van der Waals surface area contributed by atoms with Gasteiger partial charge in [0, 0.05) is 108 Å². The molecule has 8 aromatic carbocycles. The minimum Gasteiger partial charge on any atom is -0.493 e. The van der Waals surface area contributed by atoms with E-state index in [1.165, 1.54) is 17.2 Å². The van der Waals surface area contributed by atoms with Crippen molar-refractivity contribution in [3.05, 3.63) is 276 Å². The molecule has 0 saturated carbocycles. The van der Waals surface area contributed by atoms with Crippen LogP contribution in [-0.2, 0) is 51.9 Å². The smallest absolute Gasteiger partial charge is 0.289 e. The number of rotatable bonds is 9. The second-order valence-corrected chi connectivity index (χ2v) is 26.3. The number of H-pyrrole nitrogens is 1. The molecule has 4 aliphatic heterocycles. The maximum atomic E-state index is 13.9. The molecule has 4 aliphatic rings. The second-order valence-electron chi connectivity index (χ2n) is 25.9. The molecule has 0 fully saturated rings. The molecule has 0 radical (unpaired) electrons. The summed E-state index contributed by atoms with van der Waals surface area (Å²) in [6.07, 6.45) is 7.23. The van der Waals surface area contributed by atoms with E-state index in [-0.39, 0.29) is 42.1 Å². The fourth-order valence-electron chi connectivity index (χ4n) is 13.5. The molecule has 25 nitrogen and oxygen atoms in total. The number of hydrogen-bond donors (Lipinski definition) is 9. The number of methoxy groups -OCH3 is 1. The average molecular weight is 1490 g/mol. The van der Waals surface area contributed by atoms with Crippen LogP contribution >= 0.6 is 11.6 Å². The molecule has 11 aromatic rings. The molecular formula is C79H71ClF3N11O14. The maximum absolute atomic E-state index is 13.9. The van der Waals surface area contributed by atoms with Crippen molar-refractivity contribution in [2.45, 2.75) is 77.5 Å². The van der Waals surface area contributed by atoms with Gasteiger partial charge in [0.15, 0.2) is 17.1 Å². The topological polar surface area (TPSA) is 342 Å². The molecule has 15 rings (SSSR count). The summed E-state index contributed by atoms with van der Waals surface area (Å²) in [4.78, 5) is 116. The van der Waals surface area contributed by atoms with Gasteiger partial charge in [-0.2, -0.15) is 0 Å². The number of aromatic nitrogens is 3. The summed E-state index contributed by atoms with van der Waals surface area (Å²) < 4.78 is 52.0. The average Bonchev–Trinajstić information content (AvgIpc) is 1.49. The summed E-state index contributed by atoms with van der Waals surface area (Å²) in [5.74, 6) is -6.23. The van der Waals surface area contributed by atoms with E-state index in [4.69, 9.17) is 41.6 Å². The molecule has 108 heavy (non-hydrogen) atoms. The molecule has 0 saturated heterocycles. The third kappa shape index (κ3) is 17.1. The summed E-state index contributed by atoms with van der Waals surface area (Å²) >= 11 is 6.03. The quantitative estimate of drug-likeness (QED) is 0.0479. The number of fused-ring (bicyclic) bond motifs is 7. The zero-order valence-corrected chi connectivity index (χ0v) is 58.7. The number of nitrogens with one attached hydrogen (secondary N) is 5. The molecule has 7 heterocycles. The lowest BCUT2D eigenvalue weighted by molar-refractivity contribution is 0.0701. The first-order valence-corrected chi connectivity index (χ1v) is 34.7. The van der Waals surface area contributed by atoms with Crippen LogP contribution < -0.4 is 26.7 Å². The number of nitrogens with zero attached hydrogens (tertiary/aromatic N) is 6. The number of hydrogen-bond acceptors (Lipinski definition) is 16. The molecule has 0 aliphatic carbocycles. The number of carbonyl (C=O) groups is 8. The highest BCUT2D eigenvalue weighted by Gasteiger charge is 2.30. The van der Waals surface area contributed by atoms with Crippen LogP contribution in [0.15, 0.2) is 168 Å². The number of carbonyl (C=O) groups excluding carboxylic acids is 8. The summed E-state index contributed by atoms with van der Waals surface area (Å²) in [5, 5.41) is 37.5. The van der Waals surface area contributed by atoms with Gasteiger partial charge in [-0.05, 0) is 193 Å². The zero-order chi connectivity index (χ0) is 76.3. The van der Waals surface area contributed by atoms with Crippen LogP contribution in [-0.4, -0.2) is 136 Å². The van der Waals surface area contributed by atoms with Crippen LogP contribution in [0.5, 0.6) is 5.75 Å². The molecule has 554 valence electrons. The Hall–Kier alpha value is -12.3. The van der Waals surface area contributed by atoms with Gasteiger partial charge in [0.2, 0.25) is 0 Å². The van der Waals surface area contributed by atoms with Crippen molar-refractivity contribution in [2.75, 3.05) is 33.3 Å². The van der Waals surface area contributed by atoms with E-state index in [0.717, 1.165) is 105 Å². The Morgan fingerprint density at radius 1 is 0.472 bits per heavy atom. The molecule has 9 N–H and O–H groups in total. The maximum Gasteiger partial charge on any atom is 0.289 e. The fraction of sp³-hybridized carbons (Fsp3) is 0.215. The highest BCUT2D eigenvalue weighted by atomic mass is 35.5. The van der Waals surface area contributed by atoms with Crippen LogP contribution in [0.1, 0.15) is 154 Å². The van der Waals surface area contributed by atoms with Gasteiger partial charge in [0.05, 0.1) is 24.3 Å². The van der Waals surface area contributed by atoms with Crippen molar-refractivity contribution >= 4 is 91.8 Å². The molecule has 0 unspecified atom stereocenters. The van der Waals surface area contributed by atoms with Gasteiger partial charge in [0.25, 0.3) is 47.3 Å². The molecular weight excluding hydrogens is 1420 g/mol. The molecule has 0 atom stereocenters. The monoisotopic (exact) mass is 1490 g/mol. The first-order chi connectivity index (χ1) is 52.2. The largest absolute Gasteiger partial charge is 0.493 e. The summed E-state index contributed by atoms with van der Waals surface area (Å²) in [7, 11) is 1.57. The standard InChI is InChI=1S/C21H20N2O5.C20H18ClN3O3.C20H18N4O3.C18H15F3N2O3/c1-27-17-6-2-4-14-11-18(28-19(14)17)21(25)23-9-3-5-13-10-15(20(24)22-26)7-8-16(13)12-23;21-16-5-6-17-15(9-16)10-18(22-17)20(26)24-7-1-2-12-8-13(19(25)23-27)3-4-14(12)11-24;25-19(23-27)14-7-8-15-12-24(9-3-4-13(15)10-14)20(26)18-11-21-16-5-1-2-6-17(16)22-18;19-13-7-14(20)16(15(21)8-13)18(25)23-5-1-2-10-6-11(17(24)22-26)3-4-12(10)9-23/h2,4,6-8,10-11,26H,3,5,9,12H2,1H3,(H,22,24);3-6,8-10,22,27H,1-2,7,11H2,(H,23,25);1-2,5-8,10-11,27H,3-4,9,12H2,(H,23,25);3-4,6-8,26H,1-2,5,9H2,(H,22,24).